The Morgan fingerprint density at radius 2 is 2.16 bits per heavy atom. The number of likely N-dealkylation sites (tertiary alicyclic amines) is 1. The molecule has 1 aromatic rings. The highest BCUT2D eigenvalue weighted by Gasteiger charge is 2.30. The number of hydrogen-bond donors (Lipinski definition) is 1. The van der Waals surface area contributed by atoms with Crippen LogP contribution in [-0.2, 0) is 11.2 Å². The van der Waals surface area contributed by atoms with Gasteiger partial charge in [-0.3, -0.25) is 9.69 Å². The summed E-state index contributed by atoms with van der Waals surface area (Å²) in [5.74, 6) is 0.685. The van der Waals surface area contributed by atoms with Crippen LogP contribution >= 0.6 is 0 Å². The first-order valence-corrected chi connectivity index (χ1v) is 7.01. The lowest BCUT2D eigenvalue weighted by Gasteiger charge is -2.21. The van der Waals surface area contributed by atoms with E-state index in [0.717, 1.165) is 31.7 Å². The zero-order valence-electron chi connectivity index (χ0n) is 11.4. The fourth-order valence-electron chi connectivity index (χ4n) is 3.10. The minimum Gasteiger partial charge on any atom is -0.326 e. The van der Waals surface area contributed by atoms with Crippen molar-refractivity contribution in [3.05, 3.63) is 29.8 Å². The van der Waals surface area contributed by atoms with E-state index < -0.39 is 0 Å². The molecular weight excluding hydrogens is 238 g/mol. The van der Waals surface area contributed by atoms with Gasteiger partial charge in [0.2, 0.25) is 5.91 Å². The third-order valence-electron chi connectivity index (χ3n) is 4.29. The topological polar surface area (TPSA) is 49.6 Å². The molecule has 0 bridgehead atoms. The number of anilines is 1. The summed E-state index contributed by atoms with van der Waals surface area (Å²) in [5, 5.41) is 0. The molecule has 2 heterocycles. The number of rotatable bonds is 2. The van der Waals surface area contributed by atoms with E-state index in [-0.39, 0.29) is 11.9 Å². The normalized spacial score (nSPS) is 26.7. The van der Waals surface area contributed by atoms with Gasteiger partial charge in [-0.2, -0.15) is 0 Å². The van der Waals surface area contributed by atoms with Crippen LogP contribution < -0.4 is 10.6 Å². The highest BCUT2D eigenvalue weighted by molar-refractivity contribution is 5.96. The van der Waals surface area contributed by atoms with Crippen LogP contribution in [0.5, 0.6) is 0 Å². The van der Waals surface area contributed by atoms with E-state index in [0.29, 0.717) is 12.5 Å². The van der Waals surface area contributed by atoms with Gasteiger partial charge in [0.15, 0.2) is 0 Å². The minimum absolute atomic E-state index is 0.200. The molecule has 1 fully saturated rings. The van der Waals surface area contributed by atoms with Gasteiger partial charge >= 0.3 is 0 Å². The largest absolute Gasteiger partial charge is 0.326 e. The molecule has 4 heteroatoms. The first kappa shape index (κ1) is 12.6. The van der Waals surface area contributed by atoms with Crippen LogP contribution in [0.25, 0.3) is 0 Å². The number of nitrogens with zero attached hydrogens (tertiary/aromatic N) is 2. The molecule has 2 aliphatic rings. The molecule has 19 heavy (non-hydrogen) atoms. The summed E-state index contributed by atoms with van der Waals surface area (Å²) in [5.41, 5.74) is 8.37. The van der Waals surface area contributed by atoms with E-state index >= 15 is 0 Å². The number of benzene rings is 1. The third kappa shape index (κ3) is 2.38. The molecule has 1 amide bonds. The maximum atomic E-state index is 12.4. The molecular formula is C15H21N3O. The maximum absolute atomic E-state index is 12.4. The van der Waals surface area contributed by atoms with E-state index in [2.05, 4.69) is 17.9 Å². The first-order valence-electron chi connectivity index (χ1n) is 7.01. The van der Waals surface area contributed by atoms with Gasteiger partial charge in [0.1, 0.15) is 0 Å². The van der Waals surface area contributed by atoms with Gasteiger partial charge in [-0.25, -0.2) is 0 Å². The van der Waals surface area contributed by atoms with Gasteiger partial charge in [-0.05, 0) is 24.0 Å². The number of hydrogen-bond acceptors (Lipinski definition) is 3. The Morgan fingerprint density at radius 3 is 2.89 bits per heavy atom. The zero-order chi connectivity index (χ0) is 13.4. The van der Waals surface area contributed by atoms with Crippen molar-refractivity contribution in [3.8, 4) is 0 Å². The van der Waals surface area contributed by atoms with E-state index in [1.807, 2.05) is 23.1 Å². The second kappa shape index (κ2) is 4.94. The number of para-hydroxylation sites is 1. The van der Waals surface area contributed by atoms with E-state index in [4.69, 9.17) is 5.73 Å². The average Bonchev–Trinajstić information content (AvgIpc) is 2.94. The Morgan fingerprint density at radius 1 is 1.37 bits per heavy atom. The lowest BCUT2D eigenvalue weighted by atomic mass is 10.1. The van der Waals surface area contributed by atoms with Crippen LogP contribution in [0.4, 0.5) is 5.69 Å². The van der Waals surface area contributed by atoms with Gasteiger partial charge in [-0.15, -0.1) is 0 Å². The summed E-state index contributed by atoms with van der Waals surface area (Å²) in [7, 11) is 0. The third-order valence-corrected chi connectivity index (χ3v) is 4.29. The van der Waals surface area contributed by atoms with Crippen LogP contribution in [0.15, 0.2) is 24.3 Å². The fraction of sp³-hybridized carbons (Fsp3) is 0.533. The quantitative estimate of drug-likeness (QED) is 0.857. The van der Waals surface area contributed by atoms with Crippen molar-refractivity contribution in [3.63, 3.8) is 0 Å². The summed E-state index contributed by atoms with van der Waals surface area (Å²) in [6, 6.07) is 8.39. The molecule has 2 aliphatic heterocycles. The van der Waals surface area contributed by atoms with E-state index in [1.165, 1.54) is 5.56 Å². The second-order valence-corrected chi connectivity index (χ2v) is 5.76. The number of amides is 1. The van der Waals surface area contributed by atoms with Gasteiger partial charge in [0.25, 0.3) is 0 Å². The molecule has 0 aromatic heterocycles. The van der Waals surface area contributed by atoms with Crippen LogP contribution in [0, 0.1) is 5.92 Å². The van der Waals surface area contributed by atoms with Crippen molar-refractivity contribution in [1.29, 1.82) is 0 Å². The molecule has 0 saturated carbocycles. The fourth-order valence-corrected chi connectivity index (χ4v) is 3.10. The molecule has 3 rings (SSSR count). The summed E-state index contributed by atoms with van der Waals surface area (Å²) in [6.45, 7) is 5.23. The van der Waals surface area contributed by atoms with Gasteiger partial charge in [0.05, 0.1) is 6.54 Å². The van der Waals surface area contributed by atoms with Gasteiger partial charge in [0, 0.05) is 31.4 Å². The molecule has 0 spiro atoms. The molecule has 0 radical (unpaired) electrons. The van der Waals surface area contributed by atoms with E-state index in [9.17, 15) is 4.79 Å². The van der Waals surface area contributed by atoms with Crippen molar-refractivity contribution in [2.75, 3.05) is 31.1 Å². The average molecular weight is 259 g/mol. The molecule has 2 N–H and O–H groups in total. The Balaban J connectivity index is 1.66. The molecule has 102 valence electrons. The van der Waals surface area contributed by atoms with Crippen molar-refractivity contribution < 1.29 is 4.79 Å². The summed E-state index contributed by atoms with van der Waals surface area (Å²) in [6.07, 6.45) is 0.970. The zero-order valence-corrected chi connectivity index (χ0v) is 11.4. The molecule has 2 unspecified atom stereocenters. The van der Waals surface area contributed by atoms with Gasteiger partial charge < -0.3 is 10.6 Å². The highest BCUT2D eigenvalue weighted by Crippen LogP contribution is 2.27. The number of carbonyl (C=O) groups is 1. The van der Waals surface area contributed by atoms with Crippen molar-refractivity contribution >= 4 is 11.6 Å². The van der Waals surface area contributed by atoms with Gasteiger partial charge in [-0.1, -0.05) is 25.1 Å². The molecule has 2 atom stereocenters. The predicted octanol–water partition coefficient (Wildman–Crippen LogP) is 0.855. The van der Waals surface area contributed by atoms with Crippen LogP contribution in [0.3, 0.4) is 0 Å². The maximum Gasteiger partial charge on any atom is 0.241 e. The van der Waals surface area contributed by atoms with Crippen LogP contribution in [0.1, 0.15) is 12.5 Å². The summed E-state index contributed by atoms with van der Waals surface area (Å²) >= 11 is 0. The van der Waals surface area contributed by atoms with Crippen LogP contribution in [0.2, 0.25) is 0 Å². The number of fused-ring (bicyclic) bond motifs is 1. The first-order chi connectivity index (χ1) is 9.15. The Kier molecular flexibility index (Phi) is 3.29. The predicted molar refractivity (Wildman–Crippen MR) is 76.1 cm³/mol. The molecule has 0 aliphatic carbocycles. The lowest BCUT2D eigenvalue weighted by molar-refractivity contribution is -0.119. The lowest BCUT2D eigenvalue weighted by Crippen LogP contribution is -2.39. The Hall–Kier alpha value is -1.39. The summed E-state index contributed by atoms with van der Waals surface area (Å²) in [4.78, 5) is 16.5. The van der Waals surface area contributed by atoms with Crippen molar-refractivity contribution in [2.45, 2.75) is 19.4 Å². The Bertz CT molecular complexity index is 478. The highest BCUT2D eigenvalue weighted by atomic mass is 16.2. The van der Waals surface area contributed by atoms with Crippen molar-refractivity contribution in [2.24, 2.45) is 11.7 Å². The van der Waals surface area contributed by atoms with Crippen molar-refractivity contribution in [1.82, 2.24) is 4.90 Å². The summed E-state index contributed by atoms with van der Waals surface area (Å²) < 4.78 is 0. The standard InChI is InChI=1S/C15H21N3O/c1-11-8-17(9-13(11)16)10-15(19)18-7-6-12-4-2-3-5-14(12)18/h2-5,11,13H,6-10,16H2,1H3. The minimum atomic E-state index is 0.200. The van der Waals surface area contributed by atoms with E-state index in [1.54, 1.807) is 0 Å². The number of carbonyl (C=O) groups excluding carboxylic acids is 1. The Labute approximate surface area is 114 Å². The molecule has 1 aromatic carbocycles. The molecule has 1 saturated heterocycles. The number of nitrogens with two attached hydrogens (primary N) is 1. The SMILES string of the molecule is CC1CN(CC(=O)N2CCc3ccccc32)CC1N. The second-order valence-electron chi connectivity index (χ2n) is 5.76. The smallest absolute Gasteiger partial charge is 0.241 e. The monoisotopic (exact) mass is 259 g/mol. The van der Waals surface area contributed by atoms with Crippen LogP contribution in [-0.4, -0.2) is 43.0 Å². The molecule has 4 nitrogen and oxygen atoms in total.